The van der Waals surface area contributed by atoms with Crippen LogP contribution in [0.3, 0.4) is 0 Å². The van der Waals surface area contributed by atoms with Crippen molar-refractivity contribution in [2.24, 2.45) is 0 Å². The van der Waals surface area contributed by atoms with Crippen LogP contribution in [0.5, 0.6) is 5.75 Å². The molecule has 0 atom stereocenters. The van der Waals surface area contributed by atoms with E-state index in [2.05, 4.69) is 0 Å². The predicted molar refractivity (Wildman–Crippen MR) is 71.3 cm³/mol. The predicted octanol–water partition coefficient (Wildman–Crippen LogP) is 1.99. The number of halogens is 1. The molecule has 1 aromatic rings. The summed E-state index contributed by atoms with van der Waals surface area (Å²) < 4.78 is 42.0. The Morgan fingerprint density at radius 2 is 1.95 bits per heavy atom. The molecule has 1 rings (SSSR count). The third-order valence-electron chi connectivity index (χ3n) is 2.98. The van der Waals surface area contributed by atoms with Crippen LogP contribution in [0.25, 0.3) is 0 Å². The minimum atomic E-state index is -3.72. The fraction of sp³-hybridized carbons (Fsp3) is 0.462. The van der Waals surface area contributed by atoms with Crippen molar-refractivity contribution in [1.29, 1.82) is 0 Å². The second kappa shape index (κ2) is 5.40. The SMILES string of the molecule is COc1cc(S(C)(=O)=O)c(F)cc1C(C)(C)CC(=O)O. The highest BCUT2D eigenvalue weighted by Crippen LogP contribution is 2.37. The molecule has 0 saturated heterocycles. The maximum absolute atomic E-state index is 13.9. The van der Waals surface area contributed by atoms with Gasteiger partial charge in [-0.15, -0.1) is 0 Å². The van der Waals surface area contributed by atoms with Crippen molar-refractivity contribution < 1.29 is 27.4 Å². The highest BCUT2D eigenvalue weighted by atomic mass is 32.2. The summed E-state index contributed by atoms with van der Waals surface area (Å²) in [6, 6.07) is 2.11. The van der Waals surface area contributed by atoms with E-state index in [9.17, 15) is 17.6 Å². The first-order valence-corrected chi connectivity index (χ1v) is 7.68. The number of ether oxygens (including phenoxy) is 1. The summed E-state index contributed by atoms with van der Waals surface area (Å²) in [5.41, 5.74) is -0.582. The first-order valence-electron chi connectivity index (χ1n) is 5.79. The molecule has 1 aromatic carbocycles. The van der Waals surface area contributed by atoms with E-state index in [1.165, 1.54) is 7.11 Å². The van der Waals surface area contributed by atoms with Crippen molar-refractivity contribution in [3.63, 3.8) is 0 Å². The molecule has 0 aliphatic rings. The van der Waals surface area contributed by atoms with Crippen LogP contribution in [-0.4, -0.2) is 32.9 Å². The van der Waals surface area contributed by atoms with Gasteiger partial charge in [0.25, 0.3) is 0 Å². The third-order valence-corrected chi connectivity index (χ3v) is 4.09. The number of carboxylic acid groups (broad SMARTS) is 1. The van der Waals surface area contributed by atoms with Gasteiger partial charge in [-0.05, 0) is 6.07 Å². The van der Waals surface area contributed by atoms with Gasteiger partial charge in [0.2, 0.25) is 0 Å². The summed E-state index contributed by atoms with van der Waals surface area (Å²) in [6.45, 7) is 3.25. The number of carboxylic acids is 1. The highest BCUT2D eigenvalue weighted by molar-refractivity contribution is 7.90. The zero-order chi connectivity index (χ0) is 15.7. The number of carbonyl (C=O) groups is 1. The van der Waals surface area contributed by atoms with Crippen LogP contribution in [0.2, 0.25) is 0 Å². The molecule has 5 nitrogen and oxygen atoms in total. The first-order chi connectivity index (χ1) is 8.99. The summed E-state index contributed by atoms with van der Waals surface area (Å²) in [5.74, 6) is -1.80. The van der Waals surface area contributed by atoms with Crippen LogP contribution in [0.1, 0.15) is 25.8 Å². The number of aliphatic carboxylic acids is 1. The van der Waals surface area contributed by atoms with Crippen LogP contribution in [0.15, 0.2) is 17.0 Å². The lowest BCUT2D eigenvalue weighted by Crippen LogP contribution is -2.23. The van der Waals surface area contributed by atoms with Gasteiger partial charge in [-0.1, -0.05) is 13.8 Å². The quantitative estimate of drug-likeness (QED) is 0.899. The van der Waals surface area contributed by atoms with Gasteiger partial charge in [0, 0.05) is 23.3 Å². The molecule has 7 heteroatoms. The molecule has 0 heterocycles. The Balaban J connectivity index is 3.51. The summed E-state index contributed by atoms with van der Waals surface area (Å²) >= 11 is 0. The molecule has 112 valence electrons. The van der Waals surface area contributed by atoms with Gasteiger partial charge in [-0.3, -0.25) is 4.79 Å². The lowest BCUT2D eigenvalue weighted by molar-refractivity contribution is -0.138. The van der Waals surface area contributed by atoms with Crippen LogP contribution in [0.4, 0.5) is 4.39 Å². The Labute approximate surface area is 117 Å². The molecule has 0 aliphatic carbocycles. The summed E-state index contributed by atoms with van der Waals surface area (Å²) in [5, 5.41) is 8.90. The van der Waals surface area contributed by atoms with Gasteiger partial charge in [-0.2, -0.15) is 0 Å². The van der Waals surface area contributed by atoms with E-state index in [-0.39, 0.29) is 12.2 Å². The van der Waals surface area contributed by atoms with Gasteiger partial charge < -0.3 is 9.84 Å². The minimum absolute atomic E-state index is 0.151. The monoisotopic (exact) mass is 304 g/mol. The smallest absolute Gasteiger partial charge is 0.304 e. The van der Waals surface area contributed by atoms with Gasteiger partial charge in [-0.25, -0.2) is 12.8 Å². The van der Waals surface area contributed by atoms with E-state index in [4.69, 9.17) is 9.84 Å². The molecule has 0 spiro atoms. The summed E-state index contributed by atoms with van der Waals surface area (Å²) in [6.07, 6.45) is 0.661. The molecule has 0 amide bonds. The fourth-order valence-electron chi connectivity index (χ4n) is 1.99. The van der Waals surface area contributed by atoms with E-state index in [0.717, 1.165) is 18.4 Å². The number of rotatable bonds is 5. The number of hydrogen-bond acceptors (Lipinski definition) is 4. The van der Waals surface area contributed by atoms with Crippen molar-refractivity contribution in [1.82, 2.24) is 0 Å². The molecule has 0 aromatic heterocycles. The molecule has 0 unspecified atom stereocenters. The summed E-state index contributed by atoms with van der Waals surface area (Å²) in [7, 11) is -2.40. The van der Waals surface area contributed by atoms with Crippen LogP contribution < -0.4 is 4.74 Å². The Bertz CT molecular complexity index is 634. The van der Waals surface area contributed by atoms with E-state index in [0.29, 0.717) is 5.56 Å². The topological polar surface area (TPSA) is 80.7 Å². The van der Waals surface area contributed by atoms with Crippen molar-refractivity contribution in [3.05, 3.63) is 23.5 Å². The fourth-order valence-corrected chi connectivity index (χ4v) is 2.72. The maximum Gasteiger partial charge on any atom is 0.304 e. The number of sulfone groups is 1. The molecule has 0 bridgehead atoms. The lowest BCUT2D eigenvalue weighted by Gasteiger charge is -2.25. The largest absolute Gasteiger partial charge is 0.496 e. The molecule has 1 N–H and O–H groups in total. The van der Waals surface area contributed by atoms with Crippen molar-refractivity contribution in [2.45, 2.75) is 30.6 Å². The average Bonchev–Trinajstić information content (AvgIpc) is 2.25. The van der Waals surface area contributed by atoms with Gasteiger partial charge >= 0.3 is 5.97 Å². The second-order valence-electron chi connectivity index (χ2n) is 5.21. The summed E-state index contributed by atoms with van der Waals surface area (Å²) in [4.78, 5) is 10.4. The maximum atomic E-state index is 13.9. The van der Waals surface area contributed by atoms with Gasteiger partial charge in [0.1, 0.15) is 16.5 Å². The normalized spacial score (nSPS) is 12.2. The standard InChI is InChI=1S/C13H17FO5S/c1-13(2,7-12(15)16)8-5-9(14)11(20(4,17)18)6-10(8)19-3/h5-6H,7H2,1-4H3,(H,15,16). The Kier molecular flexibility index (Phi) is 4.43. The molecular formula is C13H17FO5S. The Morgan fingerprint density at radius 1 is 1.40 bits per heavy atom. The molecule has 20 heavy (non-hydrogen) atoms. The molecular weight excluding hydrogens is 287 g/mol. The van der Waals surface area contributed by atoms with Crippen LogP contribution >= 0.6 is 0 Å². The zero-order valence-electron chi connectivity index (χ0n) is 11.7. The van der Waals surface area contributed by atoms with Gasteiger partial charge in [0.15, 0.2) is 9.84 Å². The Hall–Kier alpha value is -1.63. The number of hydrogen-bond donors (Lipinski definition) is 1. The first kappa shape index (κ1) is 16.4. The van der Waals surface area contributed by atoms with E-state index < -0.39 is 31.9 Å². The molecule has 0 fully saturated rings. The lowest BCUT2D eigenvalue weighted by atomic mass is 9.81. The van der Waals surface area contributed by atoms with Crippen LogP contribution in [0, 0.1) is 5.82 Å². The van der Waals surface area contributed by atoms with Crippen molar-refractivity contribution in [2.75, 3.05) is 13.4 Å². The van der Waals surface area contributed by atoms with Crippen molar-refractivity contribution >= 4 is 15.8 Å². The minimum Gasteiger partial charge on any atom is -0.496 e. The third kappa shape index (κ3) is 3.47. The van der Waals surface area contributed by atoms with E-state index >= 15 is 0 Å². The molecule has 0 radical (unpaired) electrons. The Morgan fingerprint density at radius 3 is 2.35 bits per heavy atom. The van der Waals surface area contributed by atoms with Crippen molar-refractivity contribution in [3.8, 4) is 5.75 Å². The van der Waals surface area contributed by atoms with E-state index in [1.54, 1.807) is 13.8 Å². The highest BCUT2D eigenvalue weighted by Gasteiger charge is 2.30. The molecule has 0 saturated carbocycles. The van der Waals surface area contributed by atoms with E-state index in [1.807, 2.05) is 0 Å². The van der Waals surface area contributed by atoms with Crippen LogP contribution in [-0.2, 0) is 20.0 Å². The number of benzene rings is 1. The molecule has 0 aliphatic heterocycles. The van der Waals surface area contributed by atoms with Gasteiger partial charge in [0.05, 0.1) is 13.5 Å². The number of methoxy groups -OCH3 is 1. The average molecular weight is 304 g/mol. The second-order valence-corrected chi connectivity index (χ2v) is 7.19. The zero-order valence-corrected chi connectivity index (χ0v) is 12.5.